The van der Waals surface area contributed by atoms with Crippen molar-refractivity contribution in [1.82, 2.24) is 15.0 Å². The fourth-order valence-electron chi connectivity index (χ4n) is 3.48. The van der Waals surface area contributed by atoms with E-state index in [1.807, 2.05) is 54.6 Å². The molecule has 0 aliphatic carbocycles. The summed E-state index contributed by atoms with van der Waals surface area (Å²) in [4.78, 5) is 11.4. The predicted molar refractivity (Wildman–Crippen MR) is 130 cm³/mol. The summed E-state index contributed by atoms with van der Waals surface area (Å²) in [5.41, 5.74) is 11.1. The molecule has 0 bridgehead atoms. The Hall–Kier alpha value is -4.37. The second-order valence-corrected chi connectivity index (χ2v) is 8.92. The summed E-state index contributed by atoms with van der Waals surface area (Å²) >= 11 is 0. The molecule has 0 saturated heterocycles. The maximum absolute atomic E-state index is 12.6. The SMILES string of the molecule is O=S(=O)(Nc1ncccn1)c1ccc(NNc2c(-c3ccccc3)[nH]c3ccccc23)cc1. The highest BCUT2D eigenvalue weighted by atomic mass is 32.2. The highest BCUT2D eigenvalue weighted by Gasteiger charge is 2.16. The van der Waals surface area contributed by atoms with E-state index in [2.05, 4.69) is 30.5 Å². The van der Waals surface area contributed by atoms with Crippen LogP contribution in [0.2, 0.25) is 0 Å². The summed E-state index contributed by atoms with van der Waals surface area (Å²) in [5.74, 6) is 0.0224. The Bertz CT molecular complexity index is 1490. The number of sulfonamides is 1. The molecule has 0 fully saturated rings. The first-order valence-corrected chi connectivity index (χ1v) is 11.7. The van der Waals surface area contributed by atoms with Gasteiger partial charge < -0.3 is 10.4 Å². The summed E-state index contributed by atoms with van der Waals surface area (Å²) < 4.78 is 27.5. The summed E-state index contributed by atoms with van der Waals surface area (Å²) in [6.07, 6.45) is 2.94. The third kappa shape index (κ3) is 4.35. The van der Waals surface area contributed by atoms with Gasteiger partial charge in [0.15, 0.2) is 0 Å². The van der Waals surface area contributed by atoms with Gasteiger partial charge in [0.25, 0.3) is 10.0 Å². The zero-order valence-electron chi connectivity index (χ0n) is 17.4. The molecular weight excluding hydrogens is 436 g/mol. The van der Waals surface area contributed by atoms with E-state index in [0.717, 1.165) is 27.8 Å². The largest absolute Gasteiger partial charge is 0.353 e. The molecule has 2 aromatic heterocycles. The number of anilines is 3. The van der Waals surface area contributed by atoms with Crippen molar-refractivity contribution in [2.45, 2.75) is 4.90 Å². The average Bonchev–Trinajstić information content (AvgIpc) is 3.22. The van der Waals surface area contributed by atoms with Gasteiger partial charge in [0, 0.05) is 28.9 Å². The smallest absolute Gasteiger partial charge is 0.264 e. The number of aromatic amines is 1. The lowest BCUT2D eigenvalue weighted by molar-refractivity contribution is 0.601. The minimum Gasteiger partial charge on any atom is -0.353 e. The predicted octanol–water partition coefficient (Wildman–Crippen LogP) is 4.86. The molecule has 0 spiro atoms. The van der Waals surface area contributed by atoms with Crippen molar-refractivity contribution in [3.05, 3.63) is 97.3 Å². The molecule has 5 aromatic rings. The van der Waals surface area contributed by atoms with E-state index in [9.17, 15) is 8.42 Å². The number of para-hydroxylation sites is 1. The van der Waals surface area contributed by atoms with Crippen LogP contribution in [-0.2, 0) is 10.0 Å². The van der Waals surface area contributed by atoms with Gasteiger partial charge >= 0.3 is 0 Å². The molecule has 0 atom stereocenters. The van der Waals surface area contributed by atoms with Gasteiger partial charge in [-0.25, -0.2) is 23.1 Å². The Morgan fingerprint density at radius 3 is 2.18 bits per heavy atom. The Morgan fingerprint density at radius 1 is 0.727 bits per heavy atom. The van der Waals surface area contributed by atoms with Gasteiger partial charge in [-0.15, -0.1) is 0 Å². The Balaban J connectivity index is 1.37. The molecule has 2 heterocycles. The molecule has 4 N–H and O–H groups in total. The normalized spacial score (nSPS) is 11.3. The molecule has 164 valence electrons. The fraction of sp³-hybridized carbons (Fsp3) is 0. The number of hydrogen-bond acceptors (Lipinski definition) is 6. The molecule has 8 nitrogen and oxygen atoms in total. The maximum Gasteiger partial charge on any atom is 0.264 e. The van der Waals surface area contributed by atoms with Gasteiger partial charge in [-0.1, -0.05) is 48.5 Å². The highest BCUT2D eigenvalue weighted by molar-refractivity contribution is 7.92. The molecule has 33 heavy (non-hydrogen) atoms. The van der Waals surface area contributed by atoms with Crippen LogP contribution in [0.4, 0.5) is 17.3 Å². The lowest BCUT2D eigenvalue weighted by atomic mass is 10.1. The van der Waals surface area contributed by atoms with Crippen molar-refractivity contribution in [1.29, 1.82) is 0 Å². The van der Waals surface area contributed by atoms with Crippen LogP contribution in [0.5, 0.6) is 0 Å². The molecule has 0 aliphatic heterocycles. The second-order valence-electron chi connectivity index (χ2n) is 7.24. The van der Waals surface area contributed by atoms with Gasteiger partial charge in [0.2, 0.25) is 5.95 Å². The molecule has 9 heteroatoms. The van der Waals surface area contributed by atoms with E-state index in [0.29, 0.717) is 5.69 Å². The molecule has 3 aromatic carbocycles. The lowest BCUT2D eigenvalue weighted by Gasteiger charge is -2.12. The van der Waals surface area contributed by atoms with E-state index in [4.69, 9.17) is 0 Å². The number of aromatic nitrogens is 3. The lowest BCUT2D eigenvalue weighted by Crippen LogP contribution is -2.15. The number of rotatable bonds is 7. The number of hydrogen-bond donors (Lipinski definition) is 4. The van der Waals surface area contributed by atoms with Crippen molar-refractivity contribution in [2.75, 3.05) is 15.6 Å². The van der Waals surface area contributed by atoms with Crippen LogP contribution in [0.15, 0.2) is 102 Å². The average molecular weight is 457 g/mol. The first-order chi connectivity index (χ1) is 16.1. The second kappa shape index (κ2) is 8.64. The zero-order valence-corrected chi connectivity index (χ0v) is 18.2. The summed E-state index contributed by atoms with van der Waals surface area (Å²) in [5, 5.41) is 1.04. The van der Waals surface area contributed by atoms with Crippen molar-refractivity contribution < 1.29 is 8.42 Å². The van der Waals surface area contributed by atoms with Gasteiger partial charge in [0.05, 0.1) is 22.0 Å². The van der Waals surface area contributed by atoms with Crippen molar-refractivity contribution in [3.8, 4) is 11.3 Å². The number of H-pyrrole nitrogens is 1. The first kappa shape index (κ1) is 20.5. The molecule has 5 rings (SSSR count). The van der Waals surface area contributed by atoms with Gasteiger partial charge in [-0.3, -0.25) is 5.43 Å². The third-order valence-electron chi connectivity index (χ3n) is 5.06. The van der Waals surface area contributed by atoms with Crippen molar-refractivity contribution in [3.63, 3.8) is 0 Å². The van der Waals surface area contributed by atoms with Crippen LogP contribution in [0, 0.1) is 0 Å². The number of nitrogens with zero attached hydrogens (tertiary/aromatic N) is 2. The molecular formula is C24H20N6O2S. The number of benzene rings is 3. The van der Waals surface area contributed by atoms with E-state index in [1.165, 1.54) is 24.5 Å². The maximum atomic E-state index is 12.6. The molecule has 0 unspecified atom stereocenters. The third-order valence-corrected chi connectivity index (χ3v) is 6.40. The topological polar surface area (TPSA) is 112 Å². The van der Waals surface area contributed by atoms with Crippen LogP contribution in [0.25, 0.3) is 22.2 Å². The molecule has 0 amide bonds. The van der Waals surface area contributed by atoms with Gasteiger partial charge in [-0.2, -0.15) is 0 Å². The minimum atomic E-state index is -3.79. The number of fused-ring (bicyclic) bond motifs is 1. The number of hydrazine groups is 1. The zero-order chi connectivity index (χ0) is 22.7. The van der Waals surface area contributed by atoms with Crippen LogP contribution in [-0.4, -0.2) is 23.4 Å². The highest BCUT2D eigenvalue weighted by Crippen LogP contribution is 2.34. The van der Waals surface area contributed by atoms with Crippen molar-refractivity contribution >= 4 is 38.2 Å². The molecule has 0 saturated carbocycles. The van der Waals surface area contributed by atoms with E-state index in [-0.39, 0.29) is 10.8 Å². The quantitative estimate of drug-likeness (QED) is 0.260. The van der Waals surface area contributed by atoms with E-state index >= 15 is 0 Å². The van der Waals surface area contributed by atoms with Crippen molar-refractivity contribution in [2.24, 2.45) is 0 Å². The van der Waals surface area contributed by atoms with E-state index < -0.39 is 10.0 Å². The Labute approximate surface area is 190 Å². The van der Waals surface area contributed by atoms with E-state index in [1.54, 1.807) is 18.2 Å². The summed E-state index contributed by atoms with van der Waals surface area (Å²) in [6.45, 7) is 0. The summed E-state index contributed by atoms with van der Waals surface area (Å²) in [7, 11) is -3.79. The molecule has 0 aliphatic rings. The monoisotopic (exact) mass is 456 g/mol. The standard InChI is InChI=1S/C24H20N6O2S/c31-33(32,30-24-25-15-6-16-26-24)19-13-11-18(12-14-19)28-29-23-20-9-4-5-10-21(20)27-22(23)17-7-2-1-3-8-17/h1-16,27-29H,(H,25,26,30). The summed E-state index contributed by atoms with van der Waals surface area (Å²) in [6, 6.07) is 26.1. The fourth-order valence-corrected chi connectivity index (χ4v) is 4.43. The number of nitrogens with one attached hydrogen (secondary N) is 4. The minimum absolute atomic E-state index is 0.0224. The Morgan fingerprint density at radius 2 is 1.42 bits per heavy atom. The van der Waals surface area contributed by atoms with Crippen LogP contribution >= 0.6 is 0 Å². The molecule has 0 radical (unpaired) electrons. The first-order valence-electron chi connectivity index (χ1n) is 10.2. The van der Waals surface area contributed by atoms with Gasteiger partial charge in [-0.05, 0) is 36.4 Å². The van der Waals surface area contributed by atoms with Crippen LogP contribution < -0.4 is 15.6 Å². The van der Waals surface area contributed by atoms with Crippen LogP contribution in [0.1, 0.15) is 0 Å². The Kier molecular flexibility index (Phi) is 5.37. The van der Waals surface area contributed by atoms with Gasteiger partial charge in [0.1, 0.15) is 0 Å². The van der Waals surface area contributed by atoms with Crippen LogP contribution in [0.3, 0.4) is 0 Å².